The zero-order valence-electron chi connectivity index (χ0n) is 10.5. The van der Waals surface area contributed by atoms with Crippen molar-refractivity contribution in [1.29, 1.82) is 0 Å². The van der Waals surface area contributed by atoms with Gasteiger partial charge < -0.3 is 10.2 Å². The van der Waals surface area contributed by atoms with Crippen LogP contribution in [0.1, 0.15) is 31.4 Å². The van der Waals surface area contributed by atoms with Crippen LogP contribution in [0, 0.1) is 0 Å². The Morgan fingerprint density at radius 3 is 2.53 bits per heavy atom. The Balaban J connectivity index is 1.72. The van der Waals surface area contributed by atoms with Crippen LogP contribution in [0.15, 0.2) is 24.3 Å². The molecule has 0 unspecified atom stereocenters. The van der Waals surface area contributed by atoms with Crippen molar-refractivity contribution in [1.82, 2.24) is 10.2 Å². The first kappa shape index (κ1) is 12.9. The molecule has 1 heterocycles. The van der Waals surface area contributed by atoms with E-state index in [9.17, 15) is 0 Å². The average Bonchev–Trinajstić information content (AvgIpc) is 2.83. The summed E-state index contributed by atoms with van der Waals surface area (Å²) in [6.45, 7) is 6.98. The highest BCUT2D eigenvalue weighted by Crippen LogP contribution is 2.15. The largest absolute Gasteiger partial charge is 0.309 e. The third-order valence-corrected chi connectivity index (χ3v) is 3.70. The zero-order valence-corrected chi connectivity index (χ0v) is 11.2. The average molecular weight is 253 g/mol. The predicted octanol–water partition coefficient (Wildman–Crippen LogP) is 3.09. The molecule has 1 N–H and O–H groups in total. The summed E-state index contributed by atoms with van der Waals surface area (Å²) in [5.74, 6) is 0. The Bertz CT molecular complexity index is 331. The molecule has 0 aromatic heterocycles. The zero-order chi connectivity index (χ0) is 12.1. The van der Waals surface area contributed by atoms with Crippen molar-refractivity contribution in [3.63, 3.8) is 0 Å². The lowest BCUT2D eigenvalue weighted by Crippen LogP contribution is -2.31. The molecule has 1 aromatic rings. The molecular weight excluding hydrogens is 232 g/mol. The molecule has 17 heavy (non-hydrogen) atoms. The van der Waals surface area contributed by atoms with Gasteiger partial charge in [-0.15, -0.1) is 0 Å². The van der Waals surface area contributed by atoms with Gasteiger partial charge in [-0.25, -0.2) is 0 Å². The van der Waals surface area contributed by atoms with Crippen LogP contribution >= 0.6 is 11.6 Å². The Labute approximate surface area is 109 Å². The van der Waals surface area contributed by atoms with Crippen molar-refractivity contribution in [3.8, 4) is 0 Å². The van der Waals surface area contributed by atoms with E-state index in [-0.39, 0.29) is 0 Å². The summed E-state index contributed by atoms with van der Waals surface area (Å²) in [6, 6.07) is 8.49. The van der Waals surface area contributed by atoms with Crippen LogP contribution in [0.25, 0.3) is 0 Å². The van der Waals surface area contributed by atoms with E-state index >= 15 is 0 Å². The van der Waals surface area contributed by atoms with Crippen LogP contribution in [0.2, 0.25) is 5.02 Å². The molecule has 0 radical (unpaired) electrons. The Hall–Kier alpha value is -0.570. The van der Waals surface area contributed by atoms with Crippen LogP contribution in [0.5, 0.6) is 0 Å². The molecule has 1 atom stereocenters. The number of hydrogen-bond donors (Lipinski definition) is 1. The van der Waals surface area contributed by atoms with E-state index < -0.39 is 0 Å². The van der Waals surface area contributed by atoms with Crippen LogP contribution in [0.4, 0.5) is 0 Å². The van der Waals surface area contributed by atoms with Crippen LogP contribution < -0.4 is 5.32 Å². The number of nitrogens with one attached hydrogen (secondary N) is 1. The minimum Gasteiger partial charge on any atom is -0.309 e. The second-order valence-electron chi connectivity index (χ2n) is 4.78. The fraction of sp³-hybridized carbons (Fsp3) is 0.571. The molecule has 0 saturated carbocycles. The lowest BCUT2D eigenvalue weighted by atomic mass is 10.1. The lowest BCUT2D eigenvalue weighted by Gasteiger charge is -2.18. The van der Waals surface area contributed by atoms with Crippen molar-refractivity contribution in [2.45, 2.75) is 25.8 Å². The molecule has 1 fully saturated rings. The number of halogens is 1. The third kappa shape index (κ3) is 3.98. The van der Waals surface area contributed by atoms with E-state index in [0.29, 0.717) is 6.04 Å². The second kappa shape index (κ2) is 6.39. The molecule has 1 aliphatic heterocycles. The SMILES string of the molecule is C[C@H](NCCN1CCCC1)c1ccc(Cl)cc1. The van der Waals surface area contributed by atoms with E-state index in [1.807, 2.05) is 12.1 Å². The molecule has 3 heteroatoms. The van der Waals surface area contributed by atoms with Gasteiger partial charge in [0, 0.05) is 24.2 Å². The summed E-state index contributed by atoms with van der Waals surface area (Å²) >= 11 is 5.88. The first-order valence-electron chi connectivity index (χ1n) is 6.47. The number of likely N-dealkylation sites (tertiary alicyclic amines) is 1. The van der Waals surface area contributed by atoms with Gasteiger partial charge in [-0.1, -0.05) is 23.7 Å². The molecular formula is C14H21ClN2. The first-order chi connectivity index (χ1) is 8.25. The molecule has 2 nitrogen and oxygen atoms in total. The maximum atomic E-state index is 5.88. The van der Waals surface area contributed by atoms with Gasteiger partial charge in [-0.2, -0.15) is 0 Å². The van der Waals surface area contributed by atoms with Crippen molar-refractivity contribution in [2.24, 2.45) is 0 Å². The van der Waals surface area contributed by atoms with Gasteiger partial charge in [0.1, 0.15) is 0 Å². The summed E-state index contributed by atoms with van der Waals surface area (Å²) in [5.41, 5.74) is 1.30. The van der Waals surface area contributed by atoms with E-state index in [4.69, 9.17) is 11.6 Å². The summed E-state index contributed by atoms with van der Waals surface area (Å²) in [6.07, 6.45) is 2.74. The molecule has 0 bridgehead atoms. The van der Waals surface area contributed by atoms with Gasteiger partial charge >= 0.3 is 0 Å². The Morgan fingerprint density at radius 1 is 1.24 bits per heavy atom. The van der Waals surface area contributed by atoms with Gasteiger partial charge in [-0.3, -0.25) is 0 Å². The quantitative estimate of drug-likeness (QED) is 0.867. The predicted molar refractivity (Wildman–Crippen MR) is 73.5 cm³/mol. The highest BCUT2D eigenvalue weighted by Gasteiger charge is 2.11. The van der Waals surface area contributed by atoms with Gasteiger partial charge in [-0.05, 0) is 50.6 Å². The van der Waals surface area contributed by atoms with Gasteiger partial charge in [0.15, 0.2) is 0 Å². The third-order valence-electron chi connectivity index (χ3n) is 3.45. The van der Waals surface area contributed by atoms with E-state index in [1.54, 1.807) is 0 Å². The number of nitrogens with zero attached hydrogens (tertiary/aromatic N) is 1. The van der Waals surface area contributed by atoms with E-state index in [0.717, 1.165) is 18.1 Å². The fourth-order valence-corrected chi connectivity index (χ4v) is 2.44. The van der Waals surface area contributed by atoms with Crippen molar-refractivity contribution >= 4 is 11.6 Å². The standard InChI is InChI=1S/C14H21ClN2/c1-12(13-4-6-14(15)7-5-13)16-8-11-17-9-2-3-10-17/h4-7,12,16H,2-3,8-11H2,1H3/t12-/m0/s1. The van der Waals surface area contributed by atoms with E-state index in [2.05, 4.69) is 29.3 Å². The molecule has 1 aliphatic rings. The van der Waals surface area contributed by atoms with Crippen molar-refractivity contribution < 1.29 is 0 Å². The summed E-state index contributed by atoms with van der Waals surface area (Å²) in [7, 11) is 0. The molecule has 0 aliphatic carbocycles. The Kier molecular flexibility index (Phi) is 4.84. The molecule has 0 spiro atoms. The van der Waals surface area contributed by atoms with Gasteiger partial charge in [0.2, 0.25) is 0 Å². The van der Waals surface area contributed by atoms with Crippen molar-refractivity contribution in [3.05, 3.63) is 34.9 Å². The molecule has 94 valence electrons. The molecule has 1 saturated heterocycles. The molecule has 2 rings (SSSR count). The highest BCUT2D eigenvalue weighted by molar-refractivity contribution is 6.30. The minimum absolute atomic E-state index is 0.398. The number of benzene rings is 1. The normalized spacial score (nSPS) is 18.5. The Morgan fingerprint density at radius 2 is 1.88 bits per heavy atom. The maximum Gasteiger partial charge on any atom is 0.0406 e. The fourth-order valence-electron chi connectivity index (χ4n) is 2.31. The van der Waals surface area contributed by atoms with Crippen molar-refractivity contribution in [2.75, 3.05) is 26.2 Å². The van der Waals surface area contributed by atoms with Crippen LogP contribution in [-0.4, -0.2) is 31.1 Å². The van der Waals surface area contributed by atoms with E-state index in [1.165, 1.54) is 31.5 Å². The first-order valence-corrected chi connectivity index (χ1v) is 6.85. The topological polar surface area (TPSA) is 15.3 Å². The van der Waals surface area contributed by atoms with Crippen LogP contribution in [0.3, 0.4) is 0 Å². The lowest BCUT2D eigenvalue weighted by molar-refractivity contribution is 0.330. The number of hydrogen-bond acceptors (Lipinski definition) is 2. The summed E-state index contributed by atoms with van der Waals surface area (Å²) in [4.78, 5) is 2.53. The smallest absolute Gasteiger partial charge is 0.0406 e. The highest BCUT2D eigenvalue weighted by atomic mass is 35.5. The molecule has 1 aromatic carbocycles. The minimum atomic E-state index is 0.398. The summed E-state index contributed by atoms with van der Waals surface area (Å²) < 4.78 is 0. The number of rotatable bonds is 5. The maximum absolute atomic E-state index is 5.88. The molecule has 0 amide bonds. The summed E-state index contributed by atoms with van der Waals surface area (Å²) in [5, 5.41) is 4.36. The second-order valence-corrected chi connectivity index (χ2v) is 5.21. The van der Waals surface area contributed by atoms with Gasteiger partial charge in [0.25, 0.3) is 0 Å². The van der Waals surface area contributed by atoms with Crippen LogP contribution in [-0.2, 0) is 0 Å². The monoisotopic (exact) mass is 252 g/mol. The van der Waals surface area contributed by atoms with Gasteiger partial charge in [0.05, 0.1) is 0 Å².